The van der Waals surface area contributed by atoms with Crippen LogP contribution in [0.2, 0.25) is 0 Å². The number of piperidine rings is 1. The zero-order valence-corrected chi connectivity index (χ0v) is 16.4. The van der Waals surface area contributed by atoms with E-state index in [1.54, 1.807) is 0 Å². The molecule has 4 aromatic rings. The van der Waals surface area contributed by atoms with E-state index in [0.717, 1.165) is 53.2 Å². The van der Waals surface area contributed by atoms with Crippen LogP contribution in [0, 0.1) is 5.92 Å². The molecule has 0 bridgehead atoms. The van der Waals surface area contributed by atoms with Crippen LogP contribution in [0.25, 0.3) is 22.1 Å². The lowest BCUT2D eigenvalue weighted by Crippen LogP contribution is -2.43. The number of aromatic amines is 1. The Morgan fingerprint density at radius 1 is 1.14 bits per heavy atom. The van der Waals surface area contributed by atoms with Gasteiger partial charge in [-0.25, -0.2) is 9.97 Å². The van der Waals surface area contributed by atoms with Gasteiger partial charge in [0.05, 0.1) is 34.5 Å². The van der Waals surface area contributed by atoms with Gasteiger partial charge >= 0.3 is 0 Å². The van der Waals surface area contributed by atoms with Gasteiger partial charge in [0.1, 0.15) is 5.82 Å². The first-order chi connectivity index (χ1) is 14.2. The van der Waals surface area contributed by atoms with Crippen molar-refractivity contribution in [2.45, 2.75) is 19.4 Å². The summed E-state index contributed by atoms with van der Waals surface area (Å²) in [5.41, 5.74) is 4.00. The maximum absolute atomic E-state index is 12.8. The van der Waals surface area contributed by atoms with Gasteiger partial charge in [-0.3, -0.25) is 4.79 Å². The van der Waals surface area contributed by atoms with Crippen LogP contribution < -0.4 is 10.2 Å². The standard InChI is InChI=1S/C22H24N6O/c1-27-19-11-5-4-10-18(19)26-22(27)28-12-6-7-15(14-28)21(29)23-13-20-24-16-8-2-3-9-17(16)25-20/h2-5,8-11,15H,6-7,12-14H2,1H3,(H,23,29)(H,24,25)/t15-/m0/s1. The summed E-state index contributed by atoms with van der Waals surface area (Å²) in [5, 5.41) is 3.06. The third kappa shape index (κ3) is 3.33. The third-order valence-electron chi connectivity index (χ3n) is 5.71. The molecule has 2 aromatic carbocycles. The van der Waals surface area contributed by atoms with Crippen LogP contribution in [0.3, 0.4) is 0 Å². The number of hydrogen-bond donors (Lipinski definition) is 2. The van der Waals surface area contributed by atoms with Gasteiger partial charge in [-0.1, -0.05) is 24.3 Å². The monoisotopic (exact) mass is 388 g/mol. The number of nitrogens with zero attached hydrogens (tertiary/aromatic N) is 4. The lowest BCUT2D eigenvalue weighted by molar-refractivity contribution is -0.125. The summed E-state index contributed by atoms with van der Waals surface area (Å²) in [7, 11) is 2.04. The van der Waals surface area contributed by atoms with Crippen molar-refractivity contribution in [2.24, 2.45) is 13.0 Å². The van der Waals surface area contributed by atoms with E-state index in [9.17, 15) is 4.79 Å². The Morgan fingerprint density at radius 2 is 1.93 bits per heavy atom. The van der Waals surface area contributed by atoms with Crippen molar-refractivity contribution in [2.75, 3.05) is 18.0 Å². The number of imidazole rings is 2. The van der Waals surface area contributed by atoms with Gasteiger partial charge in [0.15, 0.2) is 0 Å². The predicted octanol–water partition coefficient (Wildman–Crippen LogP) is 2.98. The highest BCUT2D eigenvalue weighted by Gasteiger charge is 2.28. The quantitative estimate of drug-likeness (QED) is 0.563. The van der Waals surface area contributed by atoms with Crippen LogP contribution in [0.4, 0.5) is 5.95 Å². The summed E-state index contributed by atoms with van der Waals surface area (Å²) in [6.07, 6.45) is 1.87. The molecule has 29 heavy (non-hydrogen) atoms. The molecule has 0 spiro atoms. The number of fused-ring (bicyclic) bond motifs is 2. The number of H-pyrrole nitrogens is 1. The number of rotatable bonds is 4. The molecule has 0 radical (unpaired) electrons. The van der Waals surface area contributed by atoms with Gasteiger partial charge in [-0.2, -0.15) is 0 Å². The minimum atomic E-state index is -0.0482. The van der Waals surface area contributed by atoms with Crippen molar-refractivity contribution >= 4 is 33.9 Å². The fourth-order valence-electron chi connectivity index (χ4n) is 4.19. The fourth-order valence-corrected chi connectivity index (χ4v) is 4.19. The third-order valence-corrected chi connectivity index (χ3v) is 5.71. The van der Waals surface area contributed by atoms with Gasteiger partial charge in [0.2, 0.25) is 11.9 Å². The van der Waals surface area contributed by atoms with Crippen molar-refractivity contribution in [3.05, 3.63) is 54.4 Å². The molecule has 1 fully saturated rings. The van der Waals surface area contributed by atoms with Gasteiger partial charge in [0, 0.05) is 20.1 Å². The first-order valence-electron chi connectivity index (χ1n) is 10.1. The SMILES string of the molecule is Cn1c(N2CCC[C@H](C(=O)NCc3nc4ccccc4[nH]3)C2)nc2ccccc21. The summed E-state index contributed by atoms with van der Waals surface area (Å²) in [4.78, 5) is 27.6. The Bertz CT molecular complexity index is 1140. The van der Waals surface area contributed by atoms with E-state index in [4.69, 9.17) is 4.98 Å². The van der Waals surface area contributed by atoms with Crippen LogP contribution in [-0.4, -0.2) is 38.5 Å². The van der Waals surface area contributed by atoms with Gasteiger partial charge in [-0.05, 0) is 37.1 Å². The predicted molar refractivity (Wildman–Crippen MR) is 114 cm³/mol. The molecule has 7 nitrogen and oxygen atoms in total. The lowest BCUT2D eigenvalue weighted by atomic mass is 9.97. The van der Waals surface area contributed by atoms with E-state index >= 15 is 0 Å². The van der Waals surface area contributed by atoms with Crippen molar-refractivity contribution in [1.82, 2.24) is 24.8 Å². The van der Waals surface area contributed by atoms with Crippen molar-refractivity contribution in [3.63, 3.8) is 0 Å². The summed E-state index contributed by atoms with van der Waals surface area (Å²) >= 11 is 0. The van der Waals surface area contributed by atoms with Gasteiger partial charge < -0.3 is 19.8 Å². The molecule has 0 aliphatic carbocycles. The molecule has 1 aliphatic rings. The van der Waals surface area contributed by atoms with Gasteiger partial charge in [0.25, 0.3) is 0 Å². The second kappa shape index (κ2) is 7.24. The highest BCUT2D eigenvalue weighted by molar-refractivity contribution is 5.81. The van der Waals surface area contributed by atoms with E-state index in [1.165, 1.54) is 0 Å². The highest BCUT2D eigenvalue weighted by atomic mass is 16.1. The second-order valence-electron chi connectivity index (χ2n) is 7.66. The number of benzene rings is 2. The molecule has 1 aliphatic heterocycles. The second-order valence-corrected chi connectivity index (χ2v) is 7.66. The molecule has 1 amide bonds. The first kappa shape index (κ1) is 17.7. The Balaban J connectivity index is 1.27. The number of amides is 1. The zero-order valence-electron chi connectivity index (χ0n) is 16.4. The maximum atomic E-state index is 12.8. The molecular weight excluding hydrogens is 364 g/mol. The average Bonchev–Trinajstić information content (AvgIpc) is 3.33. The summed E-state index contributed by atoms with van der Waals surface area (Å²) in [6, 6.07) is 16.0. The normalized spacial score (nSPS) is 17.1. The number of nitrogens with one attached hydrogen (secondary N) is 2. The molecule has 1 atom stereocenters. The van der Waals surface area contributed by atoms with E-state index in [1.807, 2.05) is 49.5 Å². The number of carbonyl (C=O) groups excluding carboxylic acids is 1. The largest absolute Gasteiger partial charge is 0.349 e. The van der Waals surface area contributed by atoms with Crippen molar-refractivity contribution in [3.8, 4) is 0 Å². The van der Waals surface area contributed by atoms with E-state index < -0.39 is 0 Å². The number of aryl methyl sites for hydroxylation is 1. The van der Waals surface area contributed by atoms with Crippen molar-refractivity contribution < 1.29 is 4.79 Å². The molecule has 5 rings (SSSR count). The molecule has 148 valence electrons. The first-order valence-corrected chi connectivity index (χ1v) is 10.1. The minimum Gasteiger partial charge on any atom is -0.349 e. The Labute approximate surface area is 168 Å². The van der Waals surface area contributed by atoms with E-state index in [2.05, 4.69) is 30.8 Å². The van der Waals surface area contributed by atoms with Crippen molar-refractivity contribution in [1.29, 1.82) is 0 Å². The van der Waals surface area contributed by atoms with Crippen LogP contribution in [0.5, 0.6) is 0 Å². The number of aromatic nitrogens is 4. The molecule has 2 N–H and O–H groups in total. The molecule has 0 saturated carbocycles. The maximum Gasteiger partial charge on any atom is 0.225 e. The van der Waals surface area contributed by atoms with Gasteiger partial charge in [-0.15, -0.1) is 0 Å². The molecule has 3 heterocycles. The Hall–Kier alpha value is -3.35. The summed E-state index contributed by atoms with van der Waals surface area (Å²) in [5.74, 6) is 1.74. The van der Waals surface area contributed by atoms with E-state index in [-0.39, 0.29) is 11.8 Å². The van der Waals surface area contributed by atoms with Crippen LogP contribution >= 0.6 is 0 Å². The number of carbonyl (C=O) groups is 1. The van der Waals surface area contributed by atoms with E-state index in [0.29, 0.717) is 13.1 Å². The highest BCUT2D eigenvalue weighted by Crippen LogP contribution is 2.26. The number of para-hydroxylation sites is 4. The molecule has 0 unspecified atom stereocenters. The zero-order chi connectivity index (χ0) is 19.8. The molecule has 2 aromatic heterocycles. The number of anilines is 1. The topological polar surface area (TPSA) is 78.8 Å². The number of hydrogen-bond acceptors (Lipinski definition) is 4. The summed E-state index contributed by atoms with van der Waals surface area (Å²) < 4.78 is 2.12. The smallest absolute Gasteiger partial charge is 0.225 e. The van der Waals surface area contributed by atoms with Crippen LogP contribution in [0.1, 0.15) is 18.7 Å². The molecule has 1 saturated heterocycles. The summed E-state index contributed by atoms with van der Waals surface area (Å²) in [6.45, 7) is 2.02. The fraction of sp³-hybridized carbons (Fsp3) is 0.318. The van der Waals surface area contributed by atoms with Crippen LogP contribution in [0.15, 0.2) is 48.5 Å². The minimum absolute atomic E-state index is 0.0482. The average molecular weight is 388 g/mol. The van der Waals surface area contributed by atoms with Crippen LogP contribution in [-0.2, 0) is 18.4 Å². The molecular formula is C22H24N6O. The Morgan fingerprint density at radius 3 is 2.76 bits per heavy atom. The Kier molecular flexibility index (Phi) is 4.42. The molecule has 7 heteroatoms. The lowest BCUT2D eigenvalue weighted by Gasteiger charge is -2.32.